The molecule has 2 rings (SSSR count). The Morgan fingerprint density at radius 2 is 2.05 bits per heavy atom. The van der Waals surface area contributed by atoms with Crippen LogP contribution < -0.4 is 0 Å². The summed E-state index contributed by atoms with van der Waals surface area (Å²) in [4.78, 5) is 11.3. The van der Waals surface area contributed by atoms with Crippen LogP contribution in [0, 0.1) is 0 Å². The summed E-state index contributed by atoms with van der Waals surface area (Å²) in [6.07, 6.45) is 3.29. The zero-order valence-electron chi connectivity index (χ0n) is 10.7. The largest absolute Gasteiger partial charge is 0.481 e. The number of carbonyl (C=O) groups is 1. The van der Waals surface area contributed by atoms with Crippen molar-refractivity contribution in [3.63, 3.8) is 0 Å². The van der Waals surface area contributed by atoms with E-state index in [0.717, 1.165) is 36.3 Å². The van der Waals surface area contributed by atoms with E-state index in [0.29, 0.717) is 5.75 Å². The van der Waals surface area contributed by atoms with Gasteiger partial charge in [0.1, 0.15) is 0 Å². The summed E-state index contributed by atoms with van der Waals surface area (Å²) < 4.78 is 17.7. The molecule has 104 valence electrons. The van der Waals surface area contributed by atoms with Gasteiger partial charge in [0.05, 0.1) is 29.1 Å². The lowest BCUT2D eigenvalue weighted by molar-refractivity contribution is -0.136. The van der Waals surface area contributed by atoms with Gasteiger partial charge in [-0.15, -0.1) is 0 Å². The second-order valence-electron chi connectivity index (χ2n) is 4.72. The van der Waals surface area contributed by atoms with Crippen molar-refractivity contribution in [2.24, 2.45) is 0 Å². The minimum absolute atomic E-state index is 0.00134. The van der Waals surface area contributed by atoms with Crippen molar-refractivity contribution in [1.29, 1.82) is 0 Å². The molecule has 1 aromatic rings. The van der Waals surface area contributed by atoms with Gasteiger partial charge in [0.15, 0.2) is 0 Å². The molecule has 4 nitrogen and oxygen atoms in total. The van der Waals surface area contributed by atoms with Gasteiger partial charge in [-0.05, 0) is 37.0 Å². The minimum Gasteiger partial charge on any atom is -0.481 e. The van der Waals surface area contributed by atoms with E-state index in [1.807, 2.05) is 0 Å². The van der Waals surface area contributed by atoms with E-state index in [9.17, 15) is 9.00 Å². The molecule has 19 heavy (non-hydrogen) atoms. The molecular weight excluding hydrogens is 264 g/mol. The molecule has 0 aromatic heterocycles. The van der Waals surface area contributed by atoms with Crippen molar-refractivity contribution >= 4 is 16.8 Å². The first-order chi connectivity index (χ1) is 9.15. The van der Waals surface area contributed by atoms with Crippen LogP contribution in [0.4, 0.5) is 0 Å². The number of aliphatic carboxylic acids is 1. The molecular formula is C14H18O4S. The molecule has 1 fully saturated rings. The first-order valence-corrected chi connectivity index (χ1v) is 7.78. The van der Waals surface area contributed by atoms with E-state index in [-0.39, 0.29) is 12.5 Å². The first-order valence-electron chi connectivity index (χ1n) is 6.46. The Bertz CT molecular complexity index is 449. The van der Waals surface area contributed by atoms with E-state index < -0.39 is 16.8 Å². The summed E-state index contributed by atoms with van der Waals surface area (Å²) in [5, 5.41) is 8.69. The van der Waals surface area contributed by atoms with Gasteiger partial charge in [0.25, 0.3) is 0 Å². The molecule has 0 aliphatic carbocycles. The SMILES string of the molecule is O=C(O)Cc1ccc(S(=O)CC2CCCCO2)cc1. The van der Waals surface area contributed by atoms with Gasteiger partial charge in [0.2, 0.25) is 0 Å². The Hall–Kier alpha value is -1.20. The number of hydrogen-bond acceptors (Lipinski definition) is 3. The highest BCUT2D eigenvalue weighted by molar-refractivity contribution is 7.85. The van der Waals surface area contributed by atoms with Crippen molar-refractivity contribution in [3.8, 4) is 0 Å². The molecule has 0 radical (unpaired) electrons. The Morgan fingerprint density at radius 3 is 2.63 bits per heavy atom. The third-order valence-electron chi connectivity index (χ3n) is 3.15. The monoisotopic (exact) mass is 282 g/mol. The van der Waals surface area contributed by atoms with Crippen LogP contribution in [0.5, 0.6) is 0 Å². The first kappa shape index (κ1) is 14.2. The molecule has 1 aliphatic rings. The van der Waals surface area contributed by atoms with Gasteiger partial charge in [0, 0.05) is 11.5 Å². The fourth-order valence-electron chi connectivity index (χ4n) is 2.14. The lowest BCUT2D eigenvalue weighted by Crippen LogP contribution is -2.25. The van der Waals surface area contributed by atoms with Gasteiger partial charge in [-0.2, -0.15) is 0 Å². The number of hydrogen-bond donors (Lipinski definition) is 1. The van der Waals surface area contributed by atoms with Crippen molar-refractivity contribution < 1.29 is 18.8 Å². The smallest absolute Gasteiger partial charge is 0.307 e. The highest BCUT2D eigenvalue weighted by atomic mass is 32.2. The van der Waals surface area contributed by atoms with Crippen LogP contribution in [0.15, 0.2) is 29.2 Å². The molecule has 0 spiro atoms. The maximum Gasteiger partial charge on any atom is 0.307 e. The maximum atomic E-state index is 12.2. The van der Waals surface area contributed by atoms with Crippen LogP contribution in [-0.2, 0) is 26.8 Å². The highest BCUT2D eigenvalue weighted by Crippen LogP contribution is 2.17. The van der Waals surface area contributed by atoms with Crippen LogP contribution in [0.1, 0.15) is 24.8 Å². The standard InChI is InChI=1S/C14H18O4S/c15-14(16)9-11-4-6-13(7-5-11)19(17)10-12-3-1-2-8-18-12/h4-7,12H,1-3,8-10H2,(H,15,16). The lowest BCUT2D eigenvalue weighted by atomic mass is 10.1. The van der Waals surface area contributed by atoms with Crippen LogP contribution >= 0.6 is 0 Å². The second-order valence-corrected chi connectivity index (χ2v) is 6.21. The fraction of sp³-hybridized carbons (Fsp3) is 0.500. The highest BCUT2D eigenvalue weighted by Gasteiger charge is 2.17. The molecule has 2 unspecified atom stereocenters. The van der Waals surface area contributed by atoms with Crippen LogP contribution in [-0.4, -0.2) is 33.7 Å². The maximum absolute atomic E-state index is 12.2. The quantitative estimate of drug-likeness (QED) is 0.897. The summed E-state index contributed by atoms with van der Waals surface area (Å²) in [5.41, 5.74) is 0.724. The Morgan fingerprint density at radius 1 is 1.32 bits per heavy atom. The molecule has 1 aromatic carbocycles. The third-order valence-corrected chi connectivity index (χ3v) is 4.63. The second kappa shape index (κ2) is 6.82. The number of carboxylic acids is 1. The Kier molecular flexibility index (Phi) is 5.10. The summed E-state index contributed by atoms with van der Waals surface area (Å²) in [6, 6.07) is 6.95. The van der Waals surface area contributed by atoms with Crippen molar-refractivity contribution in [1.82, 2.24) is 0 Å². The van der Waals surface area contributed by atoms with Gasteiger partial charge in [-0.3, -0.25) is 9.00 Å². The van der Waals surface area contributed by atoms with E-state index in [4.69, 9.17) is 9.84 Å². The van der Waals surface area contributed by atoms with Crippen LogP contribution in [0.2, 0.25) is 0 Å². The predicted molar refractivity (Wildman–Crippen MR) is 72.6 cm³/mol. The summed E-state index contributed by atoms with van der Waals surface area (Å²) in [7, 11) is -1.07. The molecule has 2 atom stereocenters. The van der Waals surface area contributed by atoms with Crippen LogP contribution in [0.25, 0.3) is 0 Å². The third kappa shape index (κ3) is 4.44. The van der Waals surface area contributed by atoms with E-state index in [1.54, 1.807) is 24.3 Å². The van der Waals surface area contributed by atoms with Crippen molar-refractivity contribution in [2.45, 2.75) is 36.7 Å². The molecule has 1 N–H and O–H groups in total. The molecule has 0 bridgehead atoms. The molecule has 0 saturated carbocycles. The van der Waals surface area contributed by atoms with Gasteiger partial charge in [-0.1, -0.05) is 12.1 Å². The van der Waals surface area contributed by atoms with E-state index in [2.05, 4.69) is 0 Å². The normalized spacial score (nSPS) is 20.9. The number of rotatable bonds is 5. The molecule has 0 amide bonds. The van der Waals surface area contributed by atoms with Gasteiger partial charge in [-0.25, -0.2) is 0 Å². The lowest BCUT2D eigenvalue weighted by Gasteiger charge is -2.22. The molecule has 1 saturated heterocycles. The average molecular weight is 282 g/mol. The number of ether oxygens (including phenoxy) is 1. The fourth-order valence-corrected chi connectivity index (χ4v) is 3.37. The van der Waals surface area contributed by atoms with Crippen molar-refractivity contribution in [2.75, 3.05) is 12.4 Å². The van der Waals surface area contributed by atoms with Crippen molar-refractivity contribution in [3.05, 3.63) is 29.8 Å². The average Bonchev–Trinajstić information content (AvgIpc) is 2.40. The number of carboxylic acid groups (broad SMARTS) is 1. The van der Waals surface area contributed by atoms with Crippen LogP contribution in [0.3, 0.4) is 0 Å². The zero-order chi connectivity index (χ0) is 13.7. The van der Waals surface area contributed by atoms with E-state index >= 15 is 0 Å². The summed E-state index contributed by atoms with van der Waals surface area (Å²) in [6.45, 7) is 0.763. The predicted octanol–water partition coefficient (Wildman–Crippen LogP) is 1.99. The minimum atomic E-state index is -1.07. The molecule has 5 heteroatoms. The summed E-state index contributed by atoms with van der Waals surface area (Å²) >= 11 is 0. The van der Waals surface area contributed by atoms with Gasteiger partial charge >= 0.3 is 5.97 Å². The van der Waals surface area contributed by atoms with E-state index in [1.165, 1.54) is 0 Å². The number of benzene rings is 1. The topological polar surface area (TPSA) is 63.6 Å². The molecule has 1 heterocycles. The van der Waals surface area contributed by atoms with Gasteiger partial charge < -0.3 is 9.84 Å². The Labute approximate surface area is 115 Å². The zero-order valence-corrected chi connectivity index (χ0v) is 11.5. The Balaban J connectivity index is 1.93. The summed E-state index contributed by atoms with van der Waals surface area (Å²) in [5.74, 6) is -0.331. The molecule has 1 aliphatic heterocycles.